The molecule has 6 nitrogen and oxygen atoms in total. The lowest BCUT2D eigenvalue weighted by Crippen LogP contribution is -2.56. The monoisotopic (exact) mass is 812 g/mol. The number of imide groups is 1. The summed E-state index contributed by atoms with van der Waals surface area (Å²) in [5.74, 6) is -2.94. The summed E-state index contributed by atoms with van der Waals surface area (Å²) in [5.41, 5.74) is 0.283. The molecule has 0 saturated heterocycles. The molecule has 3 amide bonds. The number of carbonyl (C=O) groups excluding carboxylic acids is 4. The first kappa shape index (κ1) is 28.7. The van der Waals surface area contributed by atoms with E-state index in [9.17, 15) is 19.2 Å². The Morgan fingerprint density at radius 1 is 0.757 bits per heavy atom. The molecule has 3 aromatic carbocycles. The van der Waals surface area contributed by atoms with E-state index in [-0.39, 0.29) is 32.3 Å². The molecule has 1 aliphatic heterocycles. The molecule has 0 bridgehead atoms. The van der Waals surface area contributed by atoms with Crippen molar-refractivity contribution in [2.45, 2.75) is 13.0 Å². The van der Waals surface area contributed by atoms with Crippen LogP contribution in [0.2, 0.25) is 15.1 Å². The number of Topliss-reactive ketones (excluding diaryl/α,β-unsaturated/α-hetero) is 1. The second-order valence-corrected chi connectivity index (χ2v) is 12.2. The van der Waals surface area contributed by atoms with Crippen LogP contribution in [0.1, 0.15) is 48.4 Å². The molecule has 13 heteroatoms. The molecule has 3 aromatic rings. The SMILES string of the molecule is C[C@H](C(=O)c1ccc(Cl)cc1)N(C(=O)c1ccc(Cl)c(Cl)c1)N1C(=O)c2c(Br)c(Br)c(Br)c(Br)c2C1=O. The average Bonchev–Trinajstić information content (AvgIpc) is 3.13. The van der Waals surface area contributed by atoms with Gasteiger partial charge in [-0.3, -0.25) is 19.2 Å². The van der Waals surface area contributed by atoms with Crippen molar-refractivity contribution in [3.05, 3.63) is 97.7 Å². The van der Waals surface area contributed by atoms with E-state index < -0.39 is 29.5 Å². The molecule has 0 saturated carbocycles. The van der Waals surface area contributed by atoms with Crippen LogP contribution in [0, 0.1) is 0 Å². The Bertz CT molecular complexity index is 1470. The fourth-order valence-corrected chi connectivity index (χ4v) is 6.58. The minimum atomic E-state index is -1.28. The zero-order valence-corrected chi connectivity index (χ0v) is 26.9. The zero-order chi connectivity index (χ0) is 27.3. The molecular formula is C24H11Br4Cl3N2O4. The van der Waals surface area contributed by atoms with Crippen molar-refractivity contribution >= 4 is 122 Å². The standard InChI is InChI=1S/C24H11Br4Cl3N2O4/c1-9(21(34)10-2-5-12(29)6-3-10)32(22(35)11-4-7-13(30)14(31)8-11)33-23(36)15-16(24(33)37)18(26)20(28)19(27)17(15)25/h2-9H,1H3/t9-/m1/s1. The summed E-state index contributed by atoms with van der Waals surface area (Å²) in [6.45, 7) is 1.42. The molecular weight excluding hydrogens is 806 g/mol. The largest absolute Gasteiger partial charge is 0.292 e. The summed E-state index contributed by atoms with van der Waals surface area (Å²) in [7, 11) is 0. The van der Waals surface area contributed by atoms with Crippen molar-refractivity contribution in [3.63, 3.8) is 0 Å². The molecule has 1 heterocycles. The van der Waals surface area contributed by atoms with E-state index in [0.29, 0.717) is 27.9 Å². The van der Waals surface area contributed by atoms with Crippen LogP contribution in [0.3, 0.4) is 0 Å². The highest BCUT2D eigenvalue weighted by molar-refractivity contribution is 9.15. The molecule has 0 fully saturated rings. The first-order valence-corrected chi connectivity index (χ1v) is 14.5. The van der Waals surface area contributed by atoms with Gasteiger partial charge in [-0.25, -0.2) is 5.01 Å². The molecule has 0 radical (unpaired) electrons. The number of fused-ring (bicyclic) bond motifs is 1. The number of rotatable bonds is 5. The normalized spacial score (nSPS) is 13.6. The van der Waals surface area contributed by atoms with Crippen LogP contribution in [0.5, 0.6) is 0 Å². The van der Waals surface area contributed by atoms with Crippen molar-refractivity contribution in [2.24, 2.45) is 0 Å². The topological polar surface area (TPSA) is 74.8 Å². The smallest absolute Gasteiger partial charge is 0.282 e. The van der Waals surface area contributed by atoms with Crippen LogP contribution < -0.4 is 0 Å². The van der Waals surface area contributed by atoms with Gasteiger partial charge < -0.3 is 0 Å². The summed E-state index contributed by atoms with van der Waals surface area (Å²) in [6.07, 6.45) is 0. The molecule has 0 aromatic heterocycles. The fourth-order valence-electron chi connectivity index (χ4n) is 3.70. The Kier molecular flexibility index (Phi) is 8.60. The third-order valence-electron chi connectivity index (χ3n) is 5.54. The third kappa shape index (κ3) is 5.06. The molecule has 1 aliphatic rings. The maximum atomic E-state index is 13.8. The van der Waals surface area contributed by atoms with Gasteiger partial charge in [-0.05, 0) is 113 Å². The van der Waals surface area contributed by atoms with Gasteiger partial charge in [-0.1, -0.05) is 34.8 Å². The molecule has 190 valence electrons. The molecule has 37 heavy (non-hydrogen) atoms. The van der Waals surface area contributed by atoms with Gasteiger partial charge >= 0.3 is 0 Å². The maximum absolute atomic E-state index is 13.8. The van der Waals surface area contributed by atoms with Crippen LogP contribution in [0.25, 0.3) is 0 Å². The summed E-state index contributed by atoms with van der Waals surface area (Å²) in [4.78, 5) is 54.7. The van der Waals surface area contributed by atoms with E-state index in [1.807, 2.05) is 0 Å². The molecule has 0 aliphatic carbocycles. The maximum Gasteiger partial charge on any atom is 0.282 e. The predicted molar refractivity (Wildman–Crippen MR) is 156 cm³/mol. The van der Waals surface area contributed by atoms with Crippen molar-refractivity contribution in [3.8, 4) is 0 Å². The van der Waals surface area contributed by atoms with Gasteiger partial charge in [0.1, 0.15) is 6.04 Å². The van der Waals surface area contributed by atoms with Crippen LogP contribution in [0.15, 0.2) is 60.4 Å². The van der Waals surface area contributed by atoms with E-state index in [4.69, 9.17) is 34.8 Å². The lowest BCUT2D eigenvalue weighted by molar-refractivity contribution is -0.00685. The van der Waals surface area contributed by atoms with E-state index in [1.54, 1.807) is 0 Å². The number of carbonyl (C=O) groups is 4. The van der Waals surface area contributed by atoms with Crippen LogP contribution in [0.4, 0.5) is 0 Å². The number of hydrogen-bond donors (Lipinski definition) is 0. The fraction of sp³-hybridized carbons (Fsp3) is 0.0833. The number of hydrogen-bond acceptors (Lipinski definition) is 4. The summed E-state index contributed by atoms with van der Waals surface area (Å²) in [6, 6.07) is 8.85. The number of benzene rings is 3. The number of nitrogens with zero attached hydrogens (tertiary/aromatic N) is 2. The zero-order valence-electron chi connectivity index (χ0n) is 18.3. The van der Waals surface area contributed by atoms with Gasteiger partial charge in [-0.15, -0.1) is 0 Å². The predicted octanol–water partition coefficient (Wildman–Crippen LogP) is 8.62. The van der Waals surface area contributed by atoms with Gasteiger partial charge in [0.25, 0.3) is 17.7 Å². The minimum Gasteiger partial charge on any atom is -0.292 e. The van der Waals surface area contributed by atoms with Gasteiger partial charge in [0.05, 0.1) is 21.2 Å². The number of halogens is 7. The van der Waals surface area contributed by atoms with Gasteiger partial charge in [-0.2, -0.15) is 5.01 Å². The Balaban J connectivity index is 1.88. The minimum absolute atomic E-state index is 0.0159. The van der Waals surface area contributed by atoms with Crippen LogP contribution in [-0.4, -0.2) is 39.6 Å². The van der Waals surface area contributed by atoms with Gasteiger partial charge in [0, 0.05) is 34.0 Å². The van der Waals surface area contributed by atoms with E-state index in [0.717, 1.165) is 5.01 Å². The van der Waals surface area contributed by atoms with Crippen molar-refractivity contribution < 1.29 is 19.2 Å². The average molecular weight is 817 g/mol. The lowest BCUT2D eigenvalue weighted by atomic mass is 10.0. The molecule has 4 rings (SSSR count). The third-order valence-corrected chi connectivity index (χ3v) is 11.3. The summed E-state index contributed by atoms with van der Waals surface area (Å²) >= 11 is 31.6. The Morgan fingerprint density at radius 3 is 1.73 bits per heavy atom. The highest BCUT2D eigenvalue weighted by Crippen LogP contribution is 2.46. The highest BCUT2D eigenvalue weighted by atomic mass is 79.9. The van der Waals surface area contributed by atoms with E-state index in [2.05, 4.69) is 63.7 Å². The van der Waals surface area contributed by atoms with Crippen molar-refractivity contribution in [1.82, 2.24) is 10.0 Å². The van der Waals surface area contributed by atoms with Crippen LogP contribution in [-0.2, 0) is 0 Å². The highest BCUT2D eigenvalue weighted by Gasteiger charge is 2.48. The molecule has 1 atom stereocenters. The number of hydrazine groups is 1. The van der Waals surface area contributed by atoms with Gasteiger partial charge in [0.15, 0.2) is 5.78 Å². The summed E-state index contributed by atoms with van der Waals surface area (Å²) in [5, 5.41) is 2.21. The molecule has 0 N–H and O–H groups in total. The molecule has 0 unspecified atom stereocenters. The van der Waals surface area contributed by atoms with E-state index >= 15 is 0 Å². The Labute approximate surface area is 259 Å². The van der Waals surface area contributed by atoms with Gasteiger partial charge in [0.2, 0.25) is 0 Å². The Morgan fingerprint density at radius 2 is 1.24 bits per heavy atom. The lowest BCUT2D eigenvalue weighted by Gasteiger charge is -2.34. The quantitative estimate of drug-likeness (QED) is 0.112. The second kappa shape index (κ2) is 11.1. The number of amides is 3. The second-order valence-electron chi connectivity index (χ2n) is 7.75. The first-order chi connectivity index (χ1) is 17.4. The first-order valence-electron chi connectivity index (χ1n) is 10.2. The summed E-state index contributed by atoms with van der Waals surface area (Å²) < 4.78 is 1.57. The van der Waals surface area contributed by atoms with E-state index in [1.165, 1.54) is 49.4 Å². The Hall–Kier alpha value is -1.27. The number of ketones is 1. The van der Waals surface area contributed by atoms with Crippen molar-refractivity contribution in [2.75, 3.05) is 0 Å². The van der Waals surface area contributed by atoms with Crippen molar-refractivity contribution in [1.29, 1.82) is 0 Å². The molecule has 0 spiro atoms. The van der Waals surface area contributed by atoms with Crippen LogP contribution >= 0.6 is 98.5 Å².